The van der Waals surface area contributed by atoms with Crippen LogP contribution in [0.3, 0.4) is 0 Å². The third-order valence-corrected chi connectivity index (χ3v) is 4.77. The number of allylic oxidation sites excluding steroid dienone is 6. The first-order chi connectivity index (χ1) is 14.2. The van der Waals surface area contributed by atoms with E-state index in [2.05, 4.69) is 18.2 Å². The summed E-state index contributed by atoms with van der Waals surface area (Å²) >= 11 is 0. The fourth-order valence-electron chi connectivity index (χ4n) is 3.25. The maximum absolute atomic E-state index is 14.2. The van der Waals surface area contributed by atoms with Gasteiger partial charge in [0.2, 0.25) is 0 Å². The number of ether oxygens (including phenoxy) is 1. The highest BCUT2D eigenvalue weighted by atomic mass is 19.4. The van der Waals surface area contributed by atoms with Crippen LogP contribution in [0.2, 0.25) is 0 Å². The number of carbonyl (C=O) groups is 1. The second kappa shape index (κ2) is 10.7. The molecule has 1 fully saturated rings. The molecule has 0 aromatic carbocycles. The molecule has 1 amide bonds. The Bertz CT molecular complexity index is 781. The van der Waals surface area contributed by atoms with Gasteiger partial charge in [0.25, 0.3) is 11.8 Å². The zero-order chi connectivity index (χ0) is 24.0. The van der Waals surface area contributed by atoms with Crippen LogP contribution in [0.5, 0.6) is 0 Å². The van der Waals surface area contributed by atoms with Crippen LogP contribution in [0.15, 0.2) is 53.4 Å². The van der Waals surface area contributed by atoms with Crippen LogP contribution in [-0.2, 0) is 9.53 Å². The number of halogens is 5. The Balaban J connectivity index is 3.09. The Morgan fingerprint density at radius 3 is 2.39 bits per heavy atom. The molecular weight excluding hydrogens is 419 g/mol. The lowest BCUT2D eigenvalue weighted by Gasteiger charge is -2.43. The van der Waals surface area contributed by atoms with Crippen LogP contribution in [0, 0.1) is 5.92 Å². The van der Waals surface area contributed by atoms with E-state index in [1.807, 2.05) is 0 Å². The summed E-state index contributed by atoms with van der Waals surface area (Å²) in [4.78, 5) is 18.0. The van der Waals surface area contributed by atoms with Gasteiger partial charge in [0, 0.05) is 12.1 Å². The normalized spacial score (nSPS) is 22.9. The first kappa shape index (κ1) is 26.6. The molecule has 1 aliphatic heterocycles. The van der Waals surface area contributed by atoms with E-state index in [9.17, 15) is 26.7 Å². The molecule has 31 heavy (non-hydrogen) atoms. The SMILES string of the molecule is C=C/C(=C\C=C(/C)OCC1C(C)CC(F)(F)CN1C(=O)/C(CC)=N/C(=C)C)C(F)(F)F. The van der Waals surface area contributed by atoms with Crippen molar-refractivity contribution >= 4 is 11.6 Å². The maximum Gasteiger partial charge on any atom is 0.416 e. The molecule has 0 saturated carbocycles. The largest absolute Gasteiger partial charge is 0.496 e. The van der Waals surface area contributed by atoms with Crippen LogP contribution in [0.4, 0.5) is 22.0 Å². The molecule has 174 valence electrons. The lowest BCUT2D eigenvalue weighted by Crippen LogP contribution is -2.58. The van der Waals surface area contributed by atoms with Gasteiger partial charge >= 0.3 is 6.18 Å². The quantitative estimate of drug-likeness (QED) is 0.203. The molecule has 0 aromatic rings. The van der Waals surface area contributed by atoms with E-state index in [0.29, 0.717) is 11.8 Å². The summed E-state index contributed by atoms with van der Waals surface area (Å²) in [6.07, 6.45) is -2.12. The van der Waals surface area contributed by atoms with E-state index in [1.165, 1.54) is 6.92 Å². The highest BCUT2D eigenvalue weighted by Crippen LogP contribution is 2.35. The van der Waals surface area contributed by atoms with Crippen molar-refractivity contribution in [3.63, 3.8) is 0 Å². The summed E-state index contributed by atoms with van der Waals surface area (Å²) in [7, 11) is 0. The number of likely N-dealkylation sites (tertiary alicyclic amines) is 1. The molecule has 0 bridgehead atoms. The predicted octanol–water partition coefficient (Wildman–Crippen LogP) is 5.84. The second-order valence-electron chi connectivity index (χ2n) is 7.60. The minimum Gasteiger partial charge on any atom is -0.496 e. The van der Waals surface area contributed by atoms with Gasteiger partial charge in [-0.05, 0) is 38.3 Å². The maximum atomic E-state index is 14.2. The lowest BCUT2D eigenvalue weighted by atomic mass is 9.88. The number of rotatable bonds is 8. The van der Waals surface area contributed by atoms with E-state index >= 15 is 0 Å². The van der Waals surface area contributed by atoms with Crippen LogP contribution < -0.4 is 0 Å². The Hall–Kier alpha value is -2.45. The van der Waals surface area contributed by atoms with Crippen molar-refractivity contribution in [2.75, 3.05) is 13.2 Å². The average Bonchev–Trinajstić information content (AvgIpc) is 2.62. The first-order valence-electron chi connectivity index (χ1n) is 9.84. The molecule has 2 unspecified atom stereocenters. The number of amides is 1. The van der Waals surface area contributed by atoms with Crippen molar-refractivity contribution in [2.45, 2.75) is 58.7 Å². The van der Waals surface area contributed by atoms with Gasteiger partial charge in [-0.1, -0.05) is 33.1 Å². The molecule has 0 spiro atoms. The summed E-state index contributed by atoms with van der Waals surface area (Å²) < 4.78 is 72.2. The Morgan fingerprint density at radius 2 is 1.90 bits per heavy atom. The van der Waals surface area contributed by atoms with Gasteiger partial charge < -0.3 is 9.64 Å². The summed E-state index contributed by atoms with van der Waals surface area (Å²) in [6.45, 7) is 12.1. The minimum absolute atomic E-state index is 0.110. The van der Waals surface area contributed by atoms with Crippen LogP contribution >= 0.6 is 0 Å². The molecule has 1 saturated heterocycles. The Labute approximate surface area is 179 Å². The average molecular weight is 448 g/mol. The monoisotopic (exact) mass is 448 g/mol. The van der Waals surface area contributed by atoms with Crippen LogP contribution in [0.25, 0.3) is 0 Å². The number of piperidine rings is 1. The second-order valence-corrected chi connectivity index (χ2v) is 7.60. The molecule has 1 aliphatic rings. The van der Waals surface area contributed by atoms with Gasteiger partial charge in [0.15, 0.2) is 0 Å². The summed E-state index contributed by atoms with van der Waals surface area (Å²) in [6, 6.07) is -0.692. The van der Waals surface area contributed by atoms with E-state index in [1.54, 1.807) is 20.8 Å². The number of aliphatic imine (C=N–C) groups is 1. The van der Waals surface area contributed by atoms with Gasteiger partial charge in [0.1, 0.15) is 12.3 Å². The third-order valence-electron chi connectivity index (χ3n) is 4.77. The number of hydrogen-bond acceptors (Lipinski definition) is 3. The molecule has 2 atom stereocenters. The highest BCUT2D eigenvalue weighted by molar-refractivity contribution is 6.39. The fourth-order valence-corrected chi connectivity index (χ4v) is 3.25. The molecule has 9 heteroatoms. The fraction of sp³-hybridized carbons (Fsp3) is 0.545. The van der Waals surface area contributed by atoms with Crippen molar-refractivity contribution < 1.29 is 31.5 Å². The molecule has 0 N–H and O–H groups in total. The molecule has 1 rings (SSSR count). The Morgan fingerprint density at radius 1 is 1.29 bits per heavy atom. The van der Waals surface area contributed by atoms with Gasteiger partial charge in [-0.15, -0.1) is 0 Å². The minimum atomic E-state index is -4.55. The van der Waals surface area contributed by atoms with Crippen molar-refractivity contribution in [2.24, 2.45) is 10.9 Å². The van der Waals surface area contributed by atoms with Crippen molar-refractivity contribution in [1.29, 1.82) is 0 Å². The number of carbonyl (C=O) groups excluding carboxylic acids is 1. The molecule has 1 heterocycles. The molecule has 0 aliphatic carbocycles. The summed E-state index contributed by atoms with van der Waals surface area (Å²) in [5.41, 5.74) is -0.456. The van der Waals surface area contributed by atoms with Crippen LogP contribution in [0.1, 0.15) is 40.5 Å². The van der Waals surface area contributed by atoms with Gasteiger partial charge in [-0.2, -0.15) is 13.2 Å². The highest BCUT2D eigenvalue weighted by Gasteiger charge is 2.46. The van der Waals surface area contributed by atoms with E-state index in [0.717, 1.165) is 17.1 Å². The smallest absolute Gasteiger partial charge is 0.416 e. The van der Waals surface area contributed by atoms with E-state index in [-0.39, 0.29) is 24.5 Å². The van der Waals surface area contributed by atoms with Gasteiger partial charge in [-0.3, -0.25) is 9.79 Å². The molecule has 0 aromatic heterocycles. The molecule has 0 radical (unpaired) electrons. The topological polar surface area (TPSA) is 41.9 Å². The molecular formula is C22H29F5N2O2. The first-order valence-corrected chi connectivity index (χ1v) is 9.84. The van der Waals surface area contributed by atoms with Crippen molar-refractivity contribution in [3.05, 3.63) is 48.4 Å². The number of alkyl halides is 5. The van der Waals surface area contributed by atoms with Crippen LogP contribution in [-0.4, -0.2) is 47.8 Å². The zero-order valence-electron chi connectivity index (χ0n) is 18.2. The van der Waals surface area contributed by atoms with E-state index in [4.69, 9.17) is 4.74 Å². The van der Waals surface area contributed by atoms with Crippen molar-refractivity contribution in [1.82, 2.24) is 4.90 Å². The van der Waals surface area contributed by atoms with Crippen molar-refractivity contribution in [3.8, 4) is 0 Å². The third kappa shape index (κ3) is 7.95. The standard InChI is InChI=1S/C22H29F5N2O2/c1-7-17(22(25,26)27)10-9-16(6)31-12-19-15(5)11-21(23,24)13-29(19)20(30)18(8-2)28-14(3)4/h7,9-10,15,19H,1,3,8,11-13H2,2,4-6H3/b16-9+,17-10+,28-18+. The van der Waals surface area contributed by atoms with E-state index < -0.39 is 48.5 Å². The molecule has 4 nitrogen and oxygen atoms in total. The van der Waals surface area contributed by atoms with Gasteiger partial charge in [0.05, 0.1) is 23.9 Å². The number of hydrogen-bond donors (Lipinski definition) is 0. The lowest BCUT2D eigenvalue weighted by molar-refractivity contribution is -0.149. The Kier molecular flexibility index (Phi) is 9.20. The number of nitrogens with zero attached hydrogens (tertiary/aromatic N) is 2. The zero-order valence-corrected chi connectivity index (χ0v) is 18.2. The summed E-state index contributed by atoms with van der Waals surface area (Å²) in [5, 5.41) is 0. The van der Waals surface area contributed by atoms with Gasteiger partial charge in [-0.25, -0.2) is 8.78 Å². The summed E-state index contributed by atoms with van der Waals surface area (Å²) in [5.74, 6) is -4.14. The predicted molar refractivity (Wildman–Crippen MR) is 111 cm³/mol.